The summed E-state index contributed by atoms with van der Waals surface area (Å²) < 4.78 is 59.5. The highest BCUT2D eigenvalue weighted by Gasteiger charge is 2.22. The predicted octanol–water partition coefficient (Wildman–Crippen LogP) is 2.21. The van der Waals surface area contributed by atoms with E-state index in [2.05, 4.69) is 4.72 Å². The van der Waals surface area contributed by atoms with Gasteiger partial charge in [-0.15, -0.1) is 0 Å². The number of aromatic nitrogens is 1. The molecule has 3 aromatic rings. The van der Waals surface area contributed by atoms with E-state index in [-0.39, 0.29) is 16.8 Å². The van der Waals surface area contributed by atoms with Crippen molar-refractivity contribution in [1.82, 2.24) is 4.57 Å². The maximum absolute atomic E-state index is 14.1. The first kappa shape index (κ1) is 15.2. The zero-order chi connectivity index (χ0) is 16.8. The van der Waals surface area contributed by atoms with Gasteiger partial charge < -0.3 is 4.42 Å². The van der Waals surface area contributed by atoms with E-state index in [1.165, 1.54) is 19.2 Å². The summed E-state index contributed by atoms with van der Waals surface area (Å²) in [6, 6.07) is 6.37. The van der Waals surface area contributed by atoms with Crippen LogP contribution in [0.25, 0.3) is 11.1 Å². The summed E-state index contributed by atoms with van der Waals surface area (Å²) in [4.78, 5) is 10.8. The van der Waals surface area contributed by atoms with Gasteiger partial charge in [0.25, 0.3) is 10.0 Å². The molecule has 0 saturated carbocycles. The molecular weight excluding hydrogens is 330 g/mol. The van der Waals surface area contributed by atoms with Crippen LogP contribution in [0.1, 0.15) is 0 Å². The van der Waals surface area contributed by atoms with Gasteiger partial charge in [0.05, 0.1) is 5.52 Å². The van der Waals surface area contributed by atoms with Crippen LogP contribution in [-0.4, -0.2) is 13.0 Å². The zero-order valence-corrected chi connectivity index (χ0v) is 12.5. The van der Waals surface area contributed by atoms with Crippen LogP contribution in [0.15, 0.2) is 50.5 Å². The van der Waals surface area contributed by atoms with E-state index in [0.717, 1.165) is 28.8 Å². The van der Waals surface area contributed by atoms with Crippen LogP contribution in [0.3, 0.4) is 0 Å². The Labute approximate surface area is 129 Å². The lowest BCUT2D eigenvalue weighted by atomic mass is 10.3. The van der Waals surface area contributed by atoms with Crippen LogP contribution in [0.2, 0.25) is 0 Å². The molecule has 0 spiro atoms. The Morgan fingerprint density at radius 1 is 1.13 bits per heavy atom. The lowest BCUT2D eigenvalue weighted by molar-refractivity contribution is 0.524. The van der Waals surface area contributed by atoms with Crippen LogP contribution < -0.4 is 10.5 Å². The quantitative estimate of drug-likeness (QED) is 0.793. The molecule has 0 radical (unpaired) electrons. The maximum Gasteiger partial charge on any atom is 0.419 e. The van der Waals surface area contributed by atoms with Crippen molar-refractivity contribution in [3.8, 4) is 0 Å². The minimum absolute atomic E-state index is 0.0595. The molecule has 0 aliphatic heterocycles. The van der Waals surface area contributed by atoms with Crippen molar-refractivity contribution in [3.63, 3.8) is 0 Å². The van der Waals surface area contributed by atoms with Gasteiger partial charge in [0.1, 0.15) is 16.5 Å². The molecule has 0 unspecified atom stereocenters. The minimum Gasteiger partial charge on any atom is -0.408 e. The number of nitrogens with one attached hydrogen (secondary N) is 1. The molecule has 6 nitrogen and oxygen atoms in total. The molecule has 0 bridgehead atoms. The molecule has 9 heteroatoms. The summed E-state index contributed by atoms with van der Waals surface area (Å²) in [5, 5.41) is 0. The number of oxazole rings is 1. The van der Waals surface area contributed by atoms with E-state index in [4.69, 9.17) is 4.42 Å². The second-order valence-corrected chi connectivity index (χ2v) is 6.44. The van der Waals surface area contributed by atoms with Crippen LogP contribution in [0, 0.1) is 11.6 Å². The van der Waals surface area contributed by atoms with Crippen LogP contribution in [0.5, 0.6) is 0 Å². The number of hydrogen-bond acceptors (Lipinski definition) is 4. The molecule has 120 valence electrons. The van der Waals surface area contributed by atoms with Crippen LogP contribution in [0.4, 0.5) is 14.5 Å². The second kappa shape index (κ2) is 5.20. The van der Waals surface area contributed by atoms with Crippen molar-refractivity contribution < 1.29 is 21.6 Å². The fourth-order valence-electron chi connectivity index (χ4n) is 2.06. The highest BCUT2D eigenvalue weighted by Crippen LogP contribution is 2.24. The zero-order valence-electron chi connectivity index (χ0n) is 11.7. The number of sulfonamides is 1. The fraction of sp³-hybridized carbons (Fsp3) is 0.0714. The van der Waals surface area contributed by atoms with Crippen molar-refractivity contribution in [1.29, 1.82) is 0 Å². The molecular formula is C14H10F2N2O4S. The molecule has 1 N–H and O–H groups in total. The molecule has 3 rings (SSSR count). The number of rotatable bonds is 3. The average molecular weight is 340 g/mol. The Morgan fingerprint density at radius 2 is 1.78 bits per heavy atom. The second-order valence-electron chi connectivity index (χ2n) is 4.79. The van der Waals surface area contributed by atoms with Gasteiger partial charge in [-0.2, -0.15) is 0 Å². The number of halogens is 2. The van der Waals surface area contributed by atoms with Crippen molar-refractivity contribution in [2.45, 2.75) is 4.90 Å². The van der Waals surface area contributed by atoms with Gasteiger partial charge in [-0.05, 0) is 30.3 Å². The summed E-state index contributed by atoms with van der Waals surface area (Å²) in [5.74, 6) is -2.34. The minimum atomic E-state index is -4.26. The van der Waals surface area contributed by atoms with E-state index < -0.39 is 32.3 Å². The van der Waals surface area contributed by atoms with Crippen molar-refractivity contribution in [2.24, 2.45) is 7.05 Å². The molecule has 0 amide bonds. The third-order valence-electron chi connectivity index (χ3n) is 3.23. The Kier molecular flexibility index (Phi) is 3.44. The van der Waals surface area contributed by atoms with Crippen molar-refractivity contribution >= 4 is 26.8 Å². The van der Waals surface area contributed by atoms with Crippen LogP contribution >= 0.6 is 0 Å². The lowest BCUT2D eigenvalue weighted by Crippen LogP contribution is -2.15. The fourth-order valence-corrected chi connectivity index (χ4v) is 3.20. The molecule has 0 aliphatic rings. The largest absolute Gasteiger partial charge is 0.419 e. The third kappa shape index (κ3) is 2.70. The van der Waals surface area contributed by atoms with Gasteiger partial charge >= 0.3 is 5.76 Å². The molecule has 0 fully saturated rings. The number of hydrogen-bond donors (Lipinski definition) is 1. The molecule has 23 heavy (non-hydrogen) atoms. The van der Waals surface area contributed by atoms with Crippen molar-refractivity contribution in [3.05, 3.63) is 58.6 Å². The Hall–Kier alpha value is -2.68. The molecule has 0 aliphatic carbocycles. The smallest absolute Gasteiger partial charge is 0.408 e. The molecule has 1 heterocycles. The average Bonchev–Trinajstić information content (AvgIpc) is 2.75. The summed E-state index contributed by atoms with van der Waals surface area (Å²) in [7, 11) is -2.89. The number of nitrogens with zero attached hydrogens (tertiary/aromatic N) is 1. The van der Waals surface area contributed by atoms with Gasteiger partial charge in [-0.25, -0.2) is 22.0 Å². The van der Waals surface area contributed by atoms with Gasteiger partial charge in [0.15, 0.2) is 5.58 Å². The SMILES string of the molecule is Cn1c(=O)oc2cc(F)c(S(=O)(=O)Nc3ccc(F)cc3)cc21. The number of benzene rings is 2. The van der Waals surface area contributed by atoms with E-state index in [9.17, 15) is 22.0 Å². The van der Waals surface area contributed by atoms with Gasteiger partial charge in [-0.3, -0.25) is 9.29 Å². The van der Waals surface area contributed by atoms with Crippen molar-refractivity contribution in [2.75, 3.05) is 4.72 Å². The number of aryl methyl sites for hydroxylation is 1. The molecule has 2 aromatic carbocycles. The molecule has 0 saturated heterocycles. The Bertz CT molecular complexity index is 1050. The monoisotopic (exact) mass is 340 g/mol. The van der Waals surface area contributed by atoms with E-state index in [0.29, 0.717) is 0 Å². The topological polar surface area (TPSA) is 81.3 Å². The lowest BCUT2D eigenvalue weighted by Gasteiger charge is -2.09. The van der Waals surface area contributed by atoms with Gasteiger partial charge in [0.2, 0.25) is 0 Å². The highest BCUT2D eigenvalue weighted by molar-refractivity contribution is 7.92. The van der Waals surface area contributed by atoms with Gasteiger partial charge in [-0.1, -0.05) is 0 Å². The Balaban J connectivity index is 2.10. The van der Waals surface area contributed by atoms with E-state index in [1.807, 2.05) is 0 Å². The first-order chi connectivity index (χ1) is 10.8. The number of fused-ring (bicyclic) bond motifs is 1. The maximum atomic E-state index is 14.1. The predicted molar refractivity (Wildman–Crippen MR) is 78.6 cm³/mol. The first-order valence-corrected chi connectivity index (χ1v) is 7.84. The van der Waals surface area contributed by atoms with E-state index in [1.54, 1.807) is 0 Å². The van der Waals surface area contributed by atoms with Gasteiger partial charge in [0, 0.05) is 18.8 Å². The third-order valence-corrected chi connectivity index (χ3v) is 4.63. The molecule has 0 atom stereocenters. The summed E-state index contributed by atoms with van der Waals surface area (Å²) in [6.07, 6.45) is 0. The summed E-state index contributed by atoms with van der Waals surface area (Å²) >= 11 is 0. The number of anilines is 1. The summed E-state index contributed by atoms with van der Waals surface area (Å²) in [6.45, 7) is 0. The standard InChI is InChI=1S/C14H10F2N2O4S/c1-18-11-7-13(10(16)6-12(11)22-14(18)19)23(20,21)17-9-4-2-8(15)3-5-9/h2-7,17H,1H3. The summed E-state index contributed by atoms with van der Waals surface area (Å²) in [5.41, 5.74) is 0.151. The van der Waals surface area contributed by atoms with Crippen LogP contribution in [-0.2, 0) is 17.1 Å². The first-order valence-electron chi connectivity index (χ1n) is 6.35. The highest BCUT2D eigenvalue weighted by atomic mass is 32.2. The van der Waals surface area contributed by atoms with E-state index >= 15 is 0 Å². The Morgan fingerprint density at radius 3 is 2.43 bits per heavy atom. The molecule has 1 aromatic heterocycles. The normalized spacial score (nSPS) is 11.8.